The van der Waals surface area contributed by atoms with Crippen LogP contribution in [0.1, 0.15) is 12.0 Å². The highest BCUT2D eigenvalue weighted by Gasteiger charge is 2.38. The minimum Gasteiger partial charge on any atom is -0.361 e. The number of hydrogen-bond donors (Lipinski definition) is 3. The fraction of sp³-hybridized carbons (Fsp3) is 0.150. The second-order valence-electron chi connectivity index (χ2n) is 6.41. The van der Waals surface area contributed by atoms with Crippen molar-refractivity contribution in [3.8, 4) is 0 Å². The summed E-state index contributed by atoms with van der Waals surface area (Å²) in [6, 6.07) is 15.3. The summed E-state index contributed by atoms with van der Waals surface area (Å²) < 4.78 is 0. The molecule has 2 aromatic carbocycles. The van der Waals surface area contributed by atoms with Gasteiger partial charge in [-0.3, -0.25) is 14.5 Å². The van der Waals surface area contributed by atoms with Gasteiger partial charge in [0.2, 0.25) is 5.91 Å². The number of urea groups is 1. The fourth-order valence-corrected chi connectivity index (χ4v) is 3.21. The number of rotatable bonds is 5. The summed E-state index contributed by atoms with van der Waals surface area (Å²) in [7, 11) is 0. The number of benzene rings is 2. The van der Waals surface area contributed by atoms with E-state index in [9.17, 15) is 14.4 Å². The molecular weight excluding hydrogens is 344 g/mol. The summed E-state index contributed by atoms with van der Waals surface area (Å²) in [5.74, 6) is -0.720. The molecule has 7 nitrogen and oxygen atoms in total. The van der Waals surface area contributed by atoms with Crippen molar-refractivity contribution >= 4 is 34.4 Å². The first-order valence-corrected chi connectivity index (χ1v) is 8.63. The number of carbonyl (C=O) groups excluding carboxylic acids is 3. The van der Waals surface area contributed by atoms with Gasteiger partial charge in [0.1, 0.15) is 6.04 Å². The highest BCUT2D eigenvalue weighted by Crippen LogP contribution is 2.23. The van der Waals surface area contributed by atoms with Gasteiger partial charge in [-0.2, -0.15) is 0 Å². The van der Waals surface area contributed by atoms with E-state index in [-0.39, 0.29) is 24.8 Å². The molecule has 0 radical (unpaired) electrons. The summed E-state index contributed by atoms with van der Waals surface area (Å²) in [5, 5.41) is 6.30. The number of aromatic nitrogens is 1. The average molecular weight is 362 g/mol. The van der Waals surface area contributed by atoms with Gasteiger partial charge < -0.3 is 15.6 Å². The fourth-order valence-electron chi connectivity index (χ4n) is 3.21. The molecule has 0 bridgehead atoms. The Morgan fingerprint density at radius 1 is 1.04 bits per heavy atom. The lowest BCUT2D eigenvalue weighted by molar-refractivity contribution is -0.130. The first-order valence-electron chi connectivity index (χ1n) is 8.63. The average Bonchev–Trinajstić information content (AvgIpc) is 3.24. The lowest BCUT2D eigenvalue weighted by atomic mass is 10.1. The second-order valence-corrected chi connectivity index (χ2v) is 6.41. The summed E-state index contributed by atoms with van der Waals surface area (Å²) in [4.78, 5) is 41.3. The third kappa shape index (κ3) is 3.39. The van der Waals surface area contributed by atoms with Crippen molar-refractivity contribution in [1.29, 1.82) is 0 Å². The van der Waals surface area contributed by atoms with Gasteiger partial charge in [-0.15, -0.1) is 0 Å². The van der Waals surface area contributed by atoms with Crippen molar-refractivity contribution in [2.24, 2.45) is 0 Å². The lowest BCUT2D eigenvalue weighted by Gasteiger charge is -2.13. The van der Waals surface area contributed by atoms with Gasteiger partial charge >= 0.3 is 6.03 Å². The van der Waals surface area contributed by atoms with E-state index in [1.807, 2.05) is 48.5 Å². The van der Waals surface area contributed by atoms with Gasteiger partial charge in [0.05, 0.1) is 18.7 Å². The van der Waals surface area contributed by atoms with Crippen LogP contribution in [0, 0.1) is 0 Å². The molecule has 0 spiro atoms. The minimum absolute atomic E-state index is 0.114. The first kappa shape index (κ1) is 16.8. The predicted molar refractivity (Wildman–Crippen MR) is 101 cm³/mol. The number of carbonyl (C=O) groups is 3. The quantitative estimate of drug-likeness (QED) is 0.609. The lowest BCUT2D eigenvalue weighted by Crippen LogP contribution is -2.34. The van der Waals surface area contributed by atoms with E-state index in [1.165, 1.54) is 0 Å². The van der Waals surface area contributed by atoms with Crippen LogP contribution in [0.25, 0.3) is 10.9 Å². The highest BCUT2D eigenvalue weighted by molar-refractivity contribution is 6.08. The van der Waals surface area contributed by atoms with E-state index in [0.717, 1.165) is 21.4 Å². The number of aromatic amines is 1. The molecule has 1 fully saturated rings. The Kier molecular flexibility index (Phi) is 4.33. The number of hydrogen-bond acceptors (Lipinski definition) is 3. The first-order chi connectivity index (χ1) is 13.1. The number of fused-ring (bicyclic) bond motifs is 1. The Hall–Kier alpha value is -3.61. The van der Waals surface area contributed by atoms with E-state index in [2.05, 4.69) is 15.6 Å². The maximum Gasteiger partial charge on any atom is 0.325 e. The Balaban J connectivity index is 1.42. The Bertz CT molecular complexity index is 1010. The van der Waals surface area contributed by atoms with Crippen LogP contribution in [0.4, 0.5) is 10.5 Å². The molecule has 1 aliphatic rings. The molecule has 3 aromatic rings. The van der Waals surface area contributed by atoms with E-state index < -0.39 is 12.1 Å². The van der Waals surface area contributed by atoms with Gasteiger partial charge in [-0.25, -0.2) is 4.79 Å². The zero-order valence-corrected chi connectivity index (χ0v) is 14.4. The van der Waals surface area contributed by atoms with Crippen LogP contribution in [0.3, 0.4) is 0 Å². The zero-order chi connectivity index (χ0) is 18.8. The van der Waals surface area contributed by atoms with Crippen LogP contribution in [-0.2, 0) is 16.1 Å². The Morgan fingerprint density at radius 2 is 1.85 bits per heavy atom. The van der Waals surface area contributed by atoms with Crippen LogP contribution in [0.15, 0.2) is 60.8 Å². The van der Waals surface area contributed by atoms with Gasteiger partial charge in [0, 0.05) is 17.1 Å². The van der Waals surface area contributed by atoms with Crippen LogP contribution < -0.4 is 10.6 Å². The standard InChI is InChI=1S/C20H18N4O3/c25-18(22-16-8-4-7-15-14(16)9-10-21-15)11-17-19(26)24(20(27)23-17)12-13-5-2-1-3-6-13/h1-10,17,21H,11-12H2,(H,22,25)(H,23,27)/t17-/m1/s1. The number of nitrogens with zero attached hydrogens (tertiary/aromatic N) is 1. The number of imide groups is 1. The molecular formula is C20H18N4O3. The van der Waals surface area contributed by atoms with Crippen LogP contribution in [0.2, 0.25) is 0 Å². The maximum atomic E-state index is 12.5. The Labute approximate surface area is 155 Å². The predicted octanol–water partition coefficient (Wildman–Crippen LogP) is 2.62. The summed E-state index contributed by atoms with van der Waals surface area (Å²) in [6.45, 7) is 0.187. The van der Waals surface area contributed by atoms with Crippen LogP contribution >= 0.6 is 0 Å². The maximum absolute atomic E-state index is 12.5. The third-order valence-corrected chi connectivity index (χ3v) is 4.55. The monoisotopic (exact) mass is 362 g/mol. The van der Waals surface area contributed by atoms with Crippen molar-refractivity contribution in [2.45, 2.75) is 19.0 Å². The van der Waals surface area contributed by atoms with Crippen molar-refractivity contribution in [3.63, 3.8) is 0 Å². The normalized spacial score (nSPS) is 16.6. The minimum atomic E-state index is -0.855. The molecule has 0 unspecified atom stereocenters. The molecule has 0 saturated carbocycles. The smallest absolute Gasteiger partial charge is 0.325 e. The molecule has 1 aromatic heterocycles. The molecule has 3 N–H and O–H groups in total. The molecule has 1 aliphatic heterocycles. The SMILES string of the molecule is O=C(C[C@H]1NC(=O)N(Cc2ccccc2)C1=O)Nc1cccc2[nH]ccc12. The Morgan fingerprint density at radius 3 is 2.67 bits per heavy atom. The van der Waals surface area contributed by atoms with Crippen LogP contribution in [-0.4, -0.2) is 33.8 Å². The summed E-state index contributed by atoms with van der Waals surface area (Å²) in [5.41, 5.74) is 2.42. The zero-order valence-electron chi connectivity index (χ0n) is 14.4. The molecule has 1 atom stereocenters. The molecule has 27 heavy (non-hydrogen) atoms. The van der Waals surface area contributed by atoms with E-state index >= 15 is 0 Å². The van der Waals surface area contributed by atoms with Crippen molar-refractivity contribution < 1.29 is 14.4 Å². The van der Waals surface area contributed by atoms with Crippen molar-refractivity contribution in [3.05, 3.63) is 66.4 Å². The van der Waals surface area contributed by atoms with Gasteiger partial charge in [0.15, 0.2) is 0 Å². The van der Waals surface area contributed by atoms with E-state index in [4.69, 9.17) is 0 Å². The summed E-state index contributed by atoms with van der Waals surface area (Å²) in [6.07, 6.45) is 1.68. The molecule has 7 heteroatoms. The third-order valence-electron chi connectivity index (χ3n) is 4.55. The topological polar surface area (TPSA) is 94.3 Å². The van der Waals surface area contributed by atoms with Crippen molar-refractivity contribution in [1.82, 2.24) is 15.2 Å². The molecule has 1 saturated heterocycles. The molecule has 0 aliphatic carbocycles. The van der Waals surface area contributed by atoms with Gasteiger partial charge in [0.25, 0.3) is 5.91 Å². The van der Waals surface area contributed by atoms with E-state index in [1.54, 1.807) is 12.3 Å². The van der Waals surface area contributed by atoms with Crippen molar-refractivity contribution in [2.75, 3.05) is 5.32 Å². The number of amides is 4. The highest BCUT2D eigenvalue weighted by atomic mass is 16.2. The number of H-pyrrole nitrogens is 1. The molecule has 136 valence electrons. The molecule has 4 amide bonds. The van der Waals surface area contributed by atoms with Crippen LogP contribution in [0.5, 0.6) is 0 Å². The summed E-state index contributed by atoms with van der Waals surface area (Å²) >= 11 is 0. The second kappa shape index (κ2) is 6.95. The molecule has 4 rings (SSSR count). The van der Waals surface area contributed by atoms with Gasteiger partial charge in [-0.1, -0.05) is 36.4 Å². The largest absolute Gasteiger partial charge is 0.361 e. The van der Waals surface area contributed by atoms with Gasteiger partial charge in [-0.05, 0) is 23.8 Å². The molecule has 2 heterocycles. The number of nitrogens with one attached hydrogen (secondary N) is 3. The van der Waals surface area contributed by atoms with E-state index in [0.29, 0.717) is 5.69 Å². The number of anilines is 1.